The summed E-state index contributed by atoms with van der Waals surface area (Å²) in [5.41, 5.74) is 2.34. The van der Waals surface area contributed by atoms with Gasteiger partial charge in [0.25, 0.3) is 5.91 Å². The minimum atomic E-state index is -0.575. The van der Waals surface area contributed by atoms with Crippen molar-refractivity contribution in [2.75, 3.05) is 32.8 Å². The third-order valence-corrected chi connectivity index (χ3v) is 4.99. The Hall–Kier alpha value is -2.31. The minimum Gasteiger partial charge on any atom is -0.481 e. The lowest BCUT2D eigenvalue weighted by Crippen LogP contribution is -2.45. The van der Waals surface area contributed by atoms with E-state index < -0.39 is 6.10 Å². The van der Waals surface area contributed by atoms with Crippen LogP contribution in [0.5, 0.6) is 5.75 Å². The first kappa shape index (κ1) is 19.5. The smallest absolute Gasteiger partial charge is 0.260 e. The van der Waals surface area contributed by atoms with Crippen LogP contribution in [0.1, 0.15) is 29.9 Å². The Labute approximate surface area is 160 Å². The molecular formula is C21H28N2O4. The summed E-state index contributed by atoms with van der Waals surface area (Å²) in [7, 11) is 0. The molecule has 2 aromatic rings. The maximum absolute atomic E-state index is 12.5. The molecule has 0 spiro atoms. The van der Waals surface area contributed by atoms with E-state index in [1.165, 1.54) is 5.56 Å². The molecule has 1 aromatic heterocycles. The van der Waals surface area contributed by atoms with Crippen molar-refractivity contribution in [3.63, 3.8) is 0 Å². The molecule has 1 aliphatic heterocycles. The van der Waals surface area contributed by atoms with Gasteiger partial charge < -0.3 is 19.2 Å². The molecule has 2 heterocycles. The molecule has 2 atom stereocenters. The molecule has 0 aliphatic carbocycles. The summed E-state index contributed by atoms with van der Waals surface area (Å²) in [6.07, 6.45) is 1.09. The van der Waals surface area contributed by atoms with E-state index >= 15 is 0 Å². The zero-order valence-electron chi connectivity index (χ0n) is 16.2. The molecule has 6 nitrogen and oxygen atoms in total. The van der Waals surface area contributed by atoms with Crippen LogP contribution in [0.4, 0.5) is 0 Å². The van der Waals surface area contributed by atoms with E-state index in [0.29, 0.717) is 25.5 Å². The van der Waals surface area contributed by atoms with E-state index in [1.807, 2.05) is 37.3 Å². The SMILES string of the molecule is Cc1ccc(O[C@@H](C)C(=O)NC[C@H](c2ccco2)N2CCOCC2)cc1C. The number of rotatable bonds is 7. The molecular weight excluding hydrogens is 344 g/mol. The monoisotopic (exact) mass is 372 g/mol. The number of morpholine rings is 1. The lowest BCUT2D eigenvalue weighted by molar-refractivity contribution is -0.127. The predicted octanol–water partition coefficient (Wildman–Crippen LogP) is 2.85. The molecule has 0 radical (unpaired) electrons. The highest BCUT2D eigenvalue weighted by Gasteiger charge is 2.26. The van der Waals surface area contributed by atoms with Crippen molar-refractivity contribution in [2.24, 2.45) is 0 Å². The van der Waals surface area contributed by atoms with Crippen LogP contribution < -0.4 is 10.1 Å². The Kier molecular flexibility index (Phi) is 6.53. The number of nitrogens with one attached hydrogen (secondary N) is 1. The fourth-order valence-corrected chi connectivity index (χ4v) is 3.17. The van der Waals surface area contributed by atoms with Crippen molar-refractivity contribution in [3.8, 4) is 5.75 Å². The van der Waals surface area contributed by atoms with Gasteiger partial charge in [-0.15, -0.1) is 0 Å². The highest BCUT2D eigenvalue weighted by Crippen LogP contribution is 2.22. The minimum absolute atomic E-state index is 0.0123. The summed E-state index contributed by atoms with van der Waals surface area (Å²) >= 11 is 0. The summed E-state index contributed by atoms with van der Waals surface area (Å²) in [4.78, 5) is 14.8. The van der Waals surface area contributed by atoms with Gasteiger partial charge >= 0.3 is 0 Å². The van der Waals surface area contributed by atoms with Gasteiger partial charge in [-0.25, -0.2) is 0 Å². The first-order valence-corrected chi connectivity index (χ1v) is 9.41. The molecule has 6 heteroatoms. The number of nitrogens with zero attached hydrogens (tertiary/aromatic N) is 1. The largest absolute Gasteiger partial charge is 0.481 e. The van der Waals surface area contributed by atoms with Crippen LogP contribution in [0.25, 0.3) is 0 Å². The molecule has 27 heavy (non-hydrogen) atoms. The average Bonchev–Trinajstić information content (AvgIpc) is 3.20. The van der Waals surface area contributed by atoms with Crippen molar-refractivity contribution >= 4 is 5.91 Å². The molecule has 0 bridgehead atoms. The summed E-state index contributed by atoms with van der Waals surface area (Å²) in [5, 5.41) is 3.01. The van der Waals surface area contributed by atoms with Crippen molar-refractivity contribution in [2.45, 2.75) is 32.9 Å². The number of benzene rings is 1. The summed E-state index contributed by atoms with van der Waals surface area (Å²) in [6.45, 7) is 9.33. The molecule has 0 saturated carbocycles. The van der Waals surface area contributed by atoms with Gasteiger partial charge in [0.2, 0.25) is 0 Å². The van der Waals surface area contributed by atoms with Crippen molar-refractivity contribution in [1.82, 2.24) is 10.2 Å². The van der Waals surface area contributed by atoms with Gasteiger partial charge in [-0.1, -0.05) is 6.07 Å². The zero-order valence-corrected chi connectivity index (χ0v) is 16.2. The zero-order chi connectivity index (χ0) is 19.2. The number of ether oxygens (including phenoxy) is 2. The molecule has 0 unspecified atom stereocenters. The van der Waals surface area contributed by atoms with Crippen LogP contribution >= 0.6 is 0 Å². The molecule has 146 valence electrons. The Morgan fingerprint density at radius 2 is 2.00 bits per heavy atom. The number of amides is 1. The van der Waals surface area contributed by atoms with Crippen molar-refractivity contribution in [1.29, 1.82) is 0 Å². The molecule has 1 aliphatic rings. The van der Waals surface area contributed by atoms with Gasteiger partial charge in [0.1, 0.15) is 11.5 Å². The van der Waals surface area contributed by atoms with Gasteiger partial charge in [-0.2, -0.15) is 0 Å². The van der Waals surface area contributed by atoms with Crippen LogP contribution in [0.15, 0.2) is 41.0 Å². The summed E-state index contributed by atoms with van der Waals surface area (Å²) < 4.78 is 16.8. The lowest BCUT2D eigenvalue weighted by atomic mass is 10.1. The fraction of sp³-hybridized carbons (Fsp3) is 0.476. The summed E-state index contributed by atoms with van der Waals surface area (Å²) in [5.74, 6) is 1.41. The topological polar surface area (TPSA) is 63.9 Å². The molecule has 1 amide bonds. The number of hydrogen-bond donors (Lipinski definition) is 1. The average molecular weight is 372 g/mol. The fourth-order valence-electron chi connectivity index (χ4n) is 3.17. The van der Waals surface area contributed by atoms with Crippen molar-refractivity contribution < 1.29 is 18.7 Å². The highest BCUT2D eigenvalue weighted by atomic mass is 16.5. The second-order valence-corrected chi connectivity index (χ2v) is 6.93. The second kappa shape index (κ2) is 9.06. The van der Waals surface area contributed by atoms with Gasteiger partial charge in [0.05, 0.1) is 25.5 Å². The Morgan fingerprint density at radius 1 is 1.22 bits per heavy atom. The van der Waals surface area contributed by atoms with Crippen LogP contribution in [0, 0.1) is 13.8 Å². The maximum Gasteiger partial charge on any atom is 0.260 e. The number of carbonyl (C=O) groups excluding carboxylic acids is 1. The van der Waals surface area contributed by atoms with E-state index in [9.17, 15) is 4.79 Å². The Bertz CT molecular complexity index is 739. The van der Waals surface area contributed by atoms with E-state index in [1.54, 1.807) is 13.2 Å². The third-order valence-electron chi connectivity index (χ3n) is 4.99. The quantitative estimate of drug-likeness (QED) is 0.810. The number of aryl methyl sites for hydroxylation is 2. The van der Waals surface area contributed by atoms with Gasteiger partial charge in [-0.05, 0) is 56.2 Å². The lowest BCUT2D eigenvalue weighted by Gasteiger charge is -2.33. The van der Waals surface area contributed by atoms with E-state index in [-0.39, 0.29) is 11.9 Å². The maximum atomic E-state index is 12.5. The standard InChI is InChI=1S/C21H28N2O4/c1-15-6-7-18(13-16(15)2)27-17(3)21(24)22-14-19(20-5-4-10-26-20)23-8-11-25-12-9-23/h4-7,10,13,17,19H,8-9,11-12,14H2,1-3H3,(H,22,24)/t17-,19+/m0/s1. The molecule has 1 N–H and O–H groups in total. The van der Waals surface area contributed by atoms with Crippen LogP contribution in [-0.4, -0.2) is 49.8 Å². The van der Waals surface area contributed by atoms with Crippen molar-refractivity contribution in [3.05, 3.63) is 53.5 Å². The van der Waals surface area contributed by atoms with Crippen LogP contribution in [0.2, 0.25) is 0 Å². The van der Waals surface area contributed by atoms with Gasteiger partial charge in [-0.3, -0.25) is 9.69 Å². The molecule has 1 aromatic carbocycles. The number of hydrogen-bond acceptors (Lipinski definition) is 5. The van der Waals surface area contributed by atoms with Crippen LogP contribution in [0.3, 0.4) is 0 Å². The van der Waals surface area contributed by atoms with E-state index in [2.05, 4.69) is 17.1 Å². The van der Waals surface area contributed by atoms with Gasteiger partial charge in [0.15, 0.2) is 6.10 Å². The normalized spacial score (nSPS) is 17.3. The molecule has 1 fully saturated rings. The van der Waals surface area contributed by atoms with Gasteiger partial charge in [0, 0.05) is 19.6 Å². The predicted molar refractivity (Wildman–Crippen MR) is 103 cm³/mol. The number of carbonyl (C=O) groups is 1. The first-order valence-electron chi connectivity index (χ1n) is 9.41. The Morgan fingerprint density at radius 3 is 2.67 bits per heavy atom. The molecule has 3 rings (SSSR count). The van der Waals surface area contributed by atoms with Crippen LogP contribution in [-0.2, 0) is 9.53 Å². The Balaban J connectivity index is 1.58. The number of furan rings is 1. The van der Waals surface area contributed by atoms with E-state index in [0.717, 1.165) is 24.4 Å². The molecule has 1 saturated heterocycles. The second-order valence-electron chi connectivity index (χ2n) is 6.93. The highest BCUT2D eigenvalue weighted by molar-refractivity contribution is 5.80. The summed E-state index contributed by atoms with van der Waals surface area (Å²) in [6, 6.07) is 9.66. The third kappa shape index (κ3) is 5.11. The van der Waals surface area contributed by atoms with E-state index in [4.69, 9.17) is 13.9 Å². The first-order chi connectivity index (χ1) is 13.0.